The summed E-state index contributed by atoms with van der Waals surface area (Å²) >= 11 is 0. The first-order valence-corrected chi connectivity index (χ1v) is 6.26. The molecule has 1 fully saturated rings. The molecule has 1 atom stereocenters. The van der Waals surface area contributed by atoms with E-state index in [2.05, 4.69) is 11.9 Å². The summed E-state index contributed by atoms with van der Waals surface area (Å²) in [6, 6.07) is 0. The Kier molecular flexibility index (Phi) is 5.36. The first kappa shape index (κ1) is 13.1. The van der Waals surface area contributed by atoms with E-state index in [0.29, 0.717) is 5.71 Å². The molecule has 0 radical (unpaired) electrons. The van der Waals surface area contributed by atoms with Gasteiger partial charge in [0.1, 0.15) is 0 Å². The van der Waals surface area contributed by atoms with Crippen LogP contribution in [0.1, 0.15) is 52.4 Å². The monoisotopic (exact) mass is 222 g/mol. The van der Waals surface area contributed by atoms with Crippen LogP contribution in [-0.2, 0) is 4.79 Å². The number of Topliss-reactive ketones (excluding diaryl/α,β-unsaturated/α-hetero) is 1. The molecule has 0 spiro atoms. The number of carbonyl (C=O) groups is 1. The zero-order chi connectivity index (χ0) is 12.0. The molecule has 1 unspecified atom stereocenters. The fourth-order valence-corrected chi connectivity index (χ4v) is 2.11. The van der Waals surface area contributed by atoms with Gasteiger partial charge in [-0.15, -0.1) is 0 Å². The number of ketones is 1. The van der Waals surface area contributed by atoms with Crippen LogP contribution in [0.3, 0.4) is 0 Å². The molecular formula is C13H22N2O. The normalized spacial score (nSPS) is 23.4. The van der Waals surface area contributed by atoms with Crippen molar-refractivity contribution in [2.24, 2.45) is 10.9 Å². The number of unbranched alkanes of at least 4 members (excludes halogenated alkanes) is 1. The molecule has 0 aromatic heterocycles. The molecule has 0 bridgehead atoms. The van der Waals surface area contributed by atoms with Crippen molar-refractivity contribution in [1.29, 1.82) is 5.41 Å². The molecule has 90 valence electrons. The number of carbonyl (C=O) groups excluding carboxylic acids is 1. The fraction of sp³-hybridized carbons (Fsp3) is 0.769. The van der Waals surface area contributed by atoms with Gasteiger partial charge in [0.2, 0.25) is 0 Å². The Bertz CT molecular complexity index is 294. The Labute approximate surface area is 97.9 Å². The zero-order valence-corrected chi connectivity index (χ0v) is 10.4. The van der Waals surface area contributed by atoms with Crippen LogP contribution in [0, 0.1) is 11.3 Å². The number of nitrogens with zero attached hydrogens (tertiary/aromatic N) is 1. The minimum Gasteiger partial charge on any atom is -0.301 e. The SMILES string of the molecule is CCCCN=C1CCCC(C(=N)C(C)=O)C1. The lowest BCUT2D eigenvalue weighted by Gasteiger charge is -2.22. The quantitative estimate of drug-likeness (QED) is 0.564. The van der Waals surface area contributed by atoms with E-state index in [1.165, 1.54) is 19.1 Å². The van der Waals surface area contributed by atoms with Crippen LogP contribution in [0.2, 0.25) is 0 Å². The lowest BCUT2D eigenvalue weighted by molar-refractivity contribution is -0.111. The van der Waals surface area contributed by atoms with E-state index < -0.39 is 0 Å². The summed E-state index contributed by atoms with van der Waals surface area (Å²) in [7, 11) is 0. The largest absolute Gasteiger partial charge is 0.301 e. The minimum absolute atomic E-state index is 0.0835. The van der Waals surface area contributed by atoms with E-state index in [-0.39, 0.29) is 11.7 Å². The van der Waals surface area contributed by atoms with Crippen LogP contribution in [0.4, 0.5) is 0 Å². The van der Waals surface area contributed by atoms with Crippen molar-refractivity contribution in [3.63, 3.8) is 0 Å². The average molecular weight is 222 g/mol. The Balaban J connectivity index is 2.50. The third kappa shape index (κ3) is 3.87. The van der Waals surface area contributed by atoms with E-state index in [1.54, 1.807) is 0 Å². The van der Waals surface area contributed by atoms with E-state index in [4.69, 9.17) is 5.41 Å². The van der Waals surface area contributed by atoms with Crippen LogP contribution in [0.25, 0.3) is 0 Å². The maximum atomic E-state index is 11.1. The summed E-state index contributed by atoms with van der Waals surface area (Å²) in [5.41, 5.74) is 1.51. The van der Waals surface area contributed by atoms with Gasteiger partial charge in [-0.2, -0.15) is 0 Å². The molecule has 0 heterocycles. The number of hydrogen-bond acceptors (Lipinski definition) is 3. The molecule has 0 aromatic rings. The van der Waals surface area contributed by atoms with Crippen molar-refractivity contribution in [2.45, 2.75) is 52.4 Å². The van der Waals surface area contributed by atoms with Crippen LogP contribution < -0.4 is 0 Å². The Morgan fingerprint density at radius 1 is 1.56 bits per heavy atom. The minimum atomic E-state index is -0.0835. The van der Waals surface area contributed by atoms with E-state index in [9.17, 15) is 4.79 Å². The van der Waals surface area contributed by atoms with Gasteiger partial charge in [0.05, 0.1) is 5.71 Å². The number of nitrogens with one attached hydrogen (secondary N) is 1. The molecule has 1 rings (SSSR count). The smallest absolute Gasteiger partial charge is 0.173 e. The number of rotatable bonds is 5. The summed E-state index contributed by atoms with van der Waals surface area (Å²) in [6.07, 6.45) is 6.26. The summed E-state index contributed by atoms with van der Waals surface area (Å²) < 4.78 is 0. The molecule has 0 aliphatic heterocycles. The van der Waals surface area contributed by atoms with Crippen molar-refractivity contribution in [3.8, 4) is 0 Å². The second-order valence-corrected chi connectivity index (χ2v) is 4.56. The van der Waals surface area contributed by atoms with Crippen molar-refractivity contribution < 1.29 is 4.79 Å². The Morgan fingerprint density at radius 3 is 2.94 bits per heavy atom. The Morgan fingerprint density at radius 2 is 2.31 bits per heavy atom. The summed E-state index contributed by atoms with van der Waals surface area (Å²) in [6.45, 7) is 4.56. The van der Waals surface area contributed by atoms with Crippen molar-refractivity contribution in [3.05, 3.63) is 0 Å². The molecule has 16 heavy (non-hydrogen) atoms. The van der Waals surface area contributed by atoms with Gasteiger partial charge < -0.3 is 5.41 Å². The van der Waals surface area contributed by atoms with Crippen LogP contribution in [0.15, 0.2) is 4.99 Å². The molecule has 1 saturated carbocycles. The second kappa shape index (κ2) is 6.56. The predicted octanol–water partition coefficient (Wildman–Crippen LogP) is 3.03. The highest BCUT2D eigenvalue weighted by Crippen LogP contribution is 2.23. The lowest BCUT2D eigenvalue weighted by Crippen LogP contribution is -2.27. The number of aliphatic imine (C=N–C) groups is 1. The van der Waals surface area contributed by atoms with Gasteiger partial charge in [-0.1, -0.05) is 13.3 Å². The first-order valence-electron chi connectivity index (χ1n) is 6.26. The van der Waals surface area contributed by atoms with Crippen molar-refractivity contribution in [1.82, 2.24) is 0 Å². The standard InChI is InChI=1S/C13H22N2O/c1-3-4-8-15-12-7-5-6-11(9-12)13(14)10(2)16/h11,14H,3-9H2,1-2H3. The zero-order valence-electron chi connectivity index (χ0n) is 10.4. The van der Waals surface area contributed by atoms with Crippen LogP contribution >= 0.6 is 0 Å². The van der Waals surface area contributed by atoms with Gasteiger partial charge in [-0.3, -0.25) is 9.79 Å². The molecule has 3 nitrogen and oxygen atoms in total. The topological polar surface area (TPSA) is 53.3 Å². The van der Waals surface area contributed by atoms with Gasteiger partial charge in [-0.25, -0.2) is 0 Å². The van der Waals surface area contributed by atoms with E-state index in [0.717, 1.165) is 38.6 Å². The maximum Gasteiger partial charge on any atom is 0.173 e. The van der Waals surface area contributed by atoms with Gasteiger partial charge in [0.15, 0.2) is 5.78 Å². The molecule has 1 N–H and O–H groups in total. The molecule has 3 heteroatoms. The molecule has 0 saturated heterocycles. The molecule has 0 aromatic carbocycles. The molecule has 1 aliphatic carbocycles. The van der Waals surface area contributed by atoms with Gasteiger partial charge in [0.25, 0.3) is 0 Å². The van der Waals surface area contributed by atoms with Crippen LogP contribution in [-0.4, -0.2) is 23.8 Å². The third-order valence-corrected chi connectivity index (χ3v) is 3.13. The van der Waals surface area contributed by atoms with Crippen molar-refractivity contribution in [2.75, 3.05) is 6.54 Å². The highest BCUT2D eigenvalue weighted by Gasteiger charge is 2.23. The number of hydrogen-bond donors (Lipinski definition) is 1. The summed E-state index contributed by atoms with van der Waals surface area (Å²) in [4.78, 5) is 15.7. The van der Waals surface area contributed by atoms with Crippen molar-refractivity contribution >= 4 is 17.2 Å². The van der Waals surface area contributed by atoms with Crippen LogP contribution in [0.5, 0.6) is 0 Å². The third-order valence-electron chi connectivity index (χ3n) is 3.13. The second-order valence-electron chi connectivity index (χ2n) is 4.56. The lowest BCUT2D eigenvalue weighted by atomic mass is 9.83. The average Bonchev–Trinajstić information content (AvgIpc) is 2.29. The van der Waals surface area contributed by atoms with Gasteiger partial charge in [-0.05, 0) is 32.1 Å². The summed E-state index contributed by atoms with van der Waals surface area (Å²) in [5.74, 6) is 0.0476. The van der Waals surface area contributed by atoms with E-state index >= 15 is 0 Å². The molecule has 0 amide bonds. The maximum absolute atomic E-state index is 11.1. The molecular weight excluding hydrogens is 200 g/mol. The first-order chi connectivity index (χ1) is 7.65. The summed E-state index contributed by atoms with van der Waals surface area (Å²) in [5, 5.41) is 7.74. The predicted molar refractivity (Wildman–Crippen MR) is 67.6 cm³/mol. The fourth-order valence-electron chi connectivity index (χ4n) is 2.11. The Hall–Kier alpha value is -0.990. The van der Waals surface area contributed by atoms with E-state index in [1.807, 2.05) is 0 Å². The van der Waals surface area contributed by atoms with Gasteiger partial charge in [0, 0.05) is 25.1 Å². The highest BCUT2D eigenvalue weighted by atomic mass is 16.1. The molecule has 1 aliphatic rings. The van der Waals surface area contributed by atoms with Gasteiger partial charge >= 0.3 is 0 Å². The highest BCUT2D eigenvalue weighted by molar-refractivity contribution is 6.38.